The second-order valence-corrected chi connectivity index (χ2v) is 17.3. The van der Waals surface area contributed by atoms with Crippen molar-refractivity contribution in [2.24, 2.45) is 52.9 Å². The quantitative estimate of drug-likeness (QED) is 0.0386. The first-order chi connectivity index (χ1) is 24.9. The lowest BCUT2D eigenvalue weighted by Gasteiger charge is -2.42. The maximum atomic E-state index is 14.9. The van der Waals surface area contributed by atoms with E-state index in [0.29, 0.717) is 36.6 Å². The van der Waals surface area contributed by atoms with Crippen LogP contribution in [-0.4, -0.2) is 79.7 Å². The van der Waals surface area contributed by atoms with Gasteiger partial charge in [-0.2, -0.15) is 0 Å². The number of carbonyl (C=O) groups excluding carboxylic acids is 3. The molecule has 0 aromatic rings. The maximum Gasteiger partial charge on any atom is 0.350 e. The molecule has 2 saturated heterocycles. The van der Waals surface area contributed by atoms with Gasteiger partial charge in [0, 0.05) is 49.4 Å². The second-order valence-electron chi connectivity index (χ2n) is 17.3. The fraction of sp³-hybridized carbons (Fsp3) is 0.756. The third-order valence-corrected chi connectivity index (χ3v) is 13.3. The molecule has 2 aliphatic heterocycles. The van der Waals surface area contributed by atoms with Crippen molar-refractivity contribution >= 4 is 23.5 Å². The Morgan fingerprint density at radius 2 is 2.00 bits per heavy atom. The van der Waals surface area contributed by atoms with Gasteiger partial charge in [0.25, 0.3) is 5.60 Å². The van der Waals surface area contributed by atoms with Crippen molar-refractivity contribution in [3.05, 3.63) is 35.5 Å². The van der Waals surface area contributed by atoms with Crippen LogP contribution in [-0.2, 0) is 23.9 Å². The molecule has 6 rings (SSSR count). The van der Waals surface area contributed by atoms with Crippen LogP contribution in [0.5, 0.6) is 0 Å². The van der Waals surface area contributed by atoms with E-state index in [1.165, 1.54) is 5.57 Å². The number of epoxide rings is 1. The molecule has 4 aliphatic carbocycles. The second kappa shape index (κ2) is 16.2. The summed E-state index contributed by atoms with van der Waals surface area (Å²) < 4.78 is 12.6. The predicted octanol–water partition coefficient (Wildman–Crippen LogP) is 0.100. The van der Waals surface area contributed by atoms with Gasteiger partial charge < -0.3 is 20.1 Å². The van der Waals surface area contributed by atoms with Crippen molar-refractivity contribution in [2.75, 3.05) is 26.7 Å². The number of Topliss-reactive ketones (excluding diaryl/α,β-unsaturated/α-hetero) is 2. The van der Waals surface area contributed by atoms with Crippen LogP contribution in [0.4, 0.5) is 0 Å². The molecule has 10 N–H and O–H groups in total. The number of likely N-dealkylation sites (N-methyl/N-ethyl adjacent to an activating group) is 1. The summed E-state index contributed by atoms with van der Waals surface area (Å²) in [6.07, 6.45) is 18.0. The molecule has 0 aromatic carbocycles. The van der Waals surface area contributed by atoms with E-state index in [1.54, 1.807) is 7.05 Å². The van der Waals surface area contributed by atoms with Crippen LogP contribution in [0.3, 0.4) is 0 Å². The highest BCUT2D eigenvalue weighted by molar-refractivity contribution is 6.23. The number of hydrogen-bond acceptors (Lipinski definition) is 6. The topological polar surface area (TPSA) is 184 Å². The Morgan fingerprint density at radius 1 is 1.19 bits per heavy atom. The minimum atomic E-state index is -1.88. The highest BCUT2D eigenvalue weighted by atomic mass is 16.7. The minimum absolute atomic E-state index is 0.0385. The van der Waals surface area contributed by atoms with Crippen LogP contribution in [0, 0.1) is 41.4 Å². The lowest BCUT2D eigenvalue weighted by atomic mass is 9.57. The third kappa shape index (κ3) is 7.57. The molecule has 0 bridgehead atoms. The number of ketones is 2. The molecular formula is C41H67N6O5+3. The van der Waals surface area contributed by atoms with E-state index >= 15 is 0 Å². The van der Waals surface area contributed by atoms with Gasteiger partial charge in [-0.05, 0) is 81.8 Å². The number of ether oxygens (including phenoxy) is 2. The van der Waals surface area contributed by atoms with Crippen molar-refractivity contribution < 1.29 is 39.5 Å². The molecule has 0 aromatic heterocycles. The van der Waals surface area contributed by atoms with E-state index < -0.39 is 29.0 Å². The highest BCUT2D eigenvalue weighted by Crippen LogP contribution is 2.62. The lowest BCUT2D eigenvalue weighted by Crippen LogP contribution is -2.95. The van der Waals surface area contributed by atoms with Crippen LogP contribution < -0.4 is 32.4 Å². The molecule has 6 aliphatic rings. The smallest absolute Gasteiger partial charge is 0.350 e. The summed E-state index contributed by atoms with van der Waals surface area (Å²) in [6, 6.07) is 0.227. The molecule has 52 heavy (non-hydrogen) atoms. The summed E-state index contributed by atoms with van der Waals surface area (Å²) in [5, 5.41) is 7.94. The maximum absolute atomic E-state index is 14.9. The van der Waals surface area contributed by atoms with E-state index in [9.17, 15) is 14.4 Å². The van der Waals surface area contributed by atoms with Crippen molar-refractivity contribution in [1.29, 1.82) is 0 Å². The van der Waals surface area contributed by atoms with Crippen LogP contribution in [0.25, 0.3) is 0 Å². The van der Waals surface area contributed by atoms with Crippen molar-refractivity contribution in [3.8, 4) is 0 Å². The standard InChI is InChI=1S/C41H64N6O5/c1-6-45-32-21-27-11-8-7-10-26(27)20-30(32)23-51-38(50)41-37(49)35-29(18-24(2)3)12-9-13-31(35)36(48)40(41,52-41)16-14-25(4)19-33(47-39(43)44-5)28-15-17-46-34(42)22-28/h8,11,14,21,24,26,28-35,45-46H,6-7,9-10,12-13,15-20,22-23,42H2,1-5H3,(H3,43,44,47)/p+3/t26-,28?,29?,30-,31?,32-,33+,34?,35?,40-,41-/m0/s1. The van der Waals surface area contributed by atoms with E-state index in [0.717, 1.165) is 70.0 Å². The summed E-state index contributed by atoms with van der Waals surface area (Å²) in [5.74, 6) is -0.0591. The number of guanidine groups is 1. The molecule has 4 fully saturated rings. The van der Waals surface area contributed by atoms with Crippen LogP contribution in [0.1, 0.15) is 98.3 Å². The number of quaternary nitrogens is 2. The van der Waals surface area contributed by atoms with Crippen molar-refractivity contribution in [1.82, 2.24) is 5.32 Å². The first-order valence-electron chi connectivity index (χ1n) is 20.4. The number of hydrogen-bond donors (Lipinski definition) is 6. The Morgan fingerprint density at radius 3 is 2.73 bits per heavy atom. The minimum Gasteiger partial charge on any atom is -0.463 e. The van der Waals surface area contributed by atoms with Gasteiger partial charge in [0.1, 0.15) is 18.8 Å². The van der Waals surface area contributed by atoms with Crippen molar-refractivity contribution in [2.45, 2.75) is 128 Å². The van der Waals surface area contributed by atoms with Gasteiger partial charge in [0.15, 0.2) is 17.2 Å². The molecule has 11 atom stereocenters. The Labute approximate surface area is 310 Å². The zero-order valence-corrected chi connectivity index (χ0v) is 32.3. The van der Waals surface area contributed by atoms with Gasteiger partial charge in [-0.1, -0.05) is 44.1 Å². The molecule has 0 amide bonds. The zero-order chi connectivity index (χ0) is 37.2. The monoisotopic (exact) mass is 724 g/mol. The molecule has 2 saturated carbocycles. The number of nitrogens with two attached hydrogens (primary N) is 4. The molecular weight excluding hydrogens is 656 g/mol. The molecule has 11 heteroatoms. The largest absolute Gasteiger partial charge is 0.463 e. The van der Waals surface area contributed by atoms with Gasteiger partial charge in [0.2, 0.25) is 0 Å². The van der Waals surface area contributed by atoms with Crippen LogP contribution >= 0.6 is 0 Å². The average Bonchev–Trinajstić information content (AvgIpc) is 3.84. The third-order valence-electron chi connectivity index (χ3n) is 13.3. The van der Waals surface area contributed by atoms with Crippen molar-refractivity contribution in [3.63, 3.8) is 0 Å². The summed E-state index contributed by atoms with van der Waals surface area (Å²) in [5.41, 5.74) is 11.6. The number of rotatable bonds is 13. The molecule has 288 valence electrons. The van der Waals surface area contributed by atoms with E-state index in [2.05, 4.69) is 59.9 Å². The van der Waals surface area contributed by atoms with Crippen LogP contribution in [0.15, 0.2) is 35.5 Å². The molecule has 0 spiro atoms. The van der Waals surface area contributed by atoms with Gasteiger partial charge in [0.05, 0.1) is 26.2 Å². The summed E-state index contributed by atoms with van der Waals surface area (Å²) in [6.45, 7) is 10.6. The fourth-order valence-electron chi connectivity index (χ4n) is 10.6. The molecule has 2 heterocycles. The van der Waals surface area contributed by atoms with E-state index in [4.69, 9.17) is 20.9 Å². The Bertz CT molecular complexity index is 1470. The first kappa shape index (κ1) is 38.9. The van der Waals surface area contributed by atoms with E-state index in [1.807, 2.05) is 13.0 Å². The number of nitrogens with one attached hydrogen (secondary N) is 2. The summed E-state index contributed by atoms with van der Waals surface area (Å²) in [7, 11) is 1.79. The average molecular weight is 724 g/mol. The fourth-order valence-corrected chi connectivity index (χ4v) is 10.6. The van der Waals surface area contributed by atoms with Crippen LogP contribution in [0.2, 0.25) is 0 Å². The van der Waals surface area contributed by atoms with E-state index in [-0.39, 0.29) is 54.7 Å². The molecule has 5 unspecified atom stereocenters. The number of esters is 1. The first-order valence-corrected chi connectivity index (χ1v) is 20.4. The normalized spacial score (nSPS) is 38.2. The Hall–Kier alpha value is -2.86. The van der Waals surface area contributed by atoms with Gasteiger partial charge >= 0.3 is 11.9 Å². The van der Waals surface area contributed by atoms with Gasteiger partial charge in [-0.15, -0.1) is 0 Å². The lowest BCUT2D eigenvalue weighted by molar-refractivity contribution is -0.699. The molecule has 11 nitrogen and oxygen atoms in total. The zero-order valence-electron chi connectivity index (χ0n) is 32.3. The number of allylic oxidation sites excluding steroid dienone is 3. The number of fused-ring (bicyclic) bond motifs is 3. The Balaban J connectivity index is 1.26. The van der Waals surface area contributed by atoms with Gasteiger partial charge in [-0.25, -0.2) is 4.79 Å². The SMILES string of the molecule is CC[NH2+][C@H]1C=C2C=CCC[C@H]2C[C@H]1COC(=O)[C@]12O[C@@]1(CC=C(C)C[C@@H](NC(N)=[NH+]C)C1CC[NH2+]C(N)C1)C(=O)C1CCCC(CC(C)C)C1C2=O. The number of piperidine rings is 1. The van der Waals surface area contributed by atoms with Gasteiger partial charge in [-0.3, -0.25) is 31.4 Å². The summed E-state index contributed by atoms with van der Waals surface area (Å²) >= 11 is 0. The predicted molar refractivity (Wildman–Crippen MR) is 199 cm³/mol. The molecule has 0 radical (unpaired) electrons. The Kier molecular flexibility index (Phi) is 12.1. The number of carbonyl (C=O) groups is 3. The highest BCUT2D eigenvalue weighted by Gasteiger charge is 2.87. The summed E-state index contributed by atoms with van der Waals surface area (Å²) in [4.78, 5) is 47.1.